The van der Waals surface area contributed by atoms with E-state index in [-0.39, 0.29) is 12.1 Å². The number of benzene rings is 1. The number of urea groups is 1. The second kappa shape index (κ2) is 8.52. The molecule has 2 saturated heterocycles. The molecule has 0 saturated carbocycles. The molecule has 0 radical (unpaired) electrons. The molecule has 2 aliphatic rings. The summed E-state index contributed by atoms with van der Waals surface area (Å²) in [5, 5.41) is 11.0. The summed E-state index contributed by atoms with van der Waals surface area (Å²) >= 11 is 0. The van der Waals surface area contributed by atoms with Crippen LogP contribution >= 0.6 is 0 Å². The van der Waals surface area contributed by atoms with Gasteiger partial charge in [-0.15, -0.1) is 10.2 Å². The third kappa shape index (κ3) is 4.66. The average molecular weight is 368 g/mol. The minimum atomic E-state index is 0.0868. The molecule has 2 amide bonds. The Hall–Kier alpha value is -2.41. The minimum absolute atomic E-state index is 0.0868. The molecule has 144 valence electrons. The normalized spacial score (nSPS) is 21.9. The van der Waals surface area contributed by atoms with Crippen LogP contribution in [0.3, 0.4) is 0 Å². The molecule has 0 unspecified atom stereocenters. The first-order valence-electron chi connectivity index (χ1n) is 9.94. The van der Waals surface area contributed by atoms with Gasteiger partial charge in [0.2, 0.25) is 0 Å². The fourth-order valence-corrected chi connectivity index (χ4v) is 4.19. The van der Waals surface area contributed by atoms with Crippen molar-refractivity contribution in [2.45, 2.75) is 44.3 Å². The summed E-state index contributed by atoms with van der Waals surface area (Å²) in [6, 6.07) is 11.3. The van der Waals surface area contributed by atoms with Crippen molar-refractivity contribution in [3.63, 3.8) is 0 Å². The maximum atomic E-state index is 12.7. The van der Waals surface area contributed by atoms with Gasteiger partial charge >= 0.3 is 6.03 Å². The summed E-state index contributed by atoms with van der Waals surface area (Å²) in [6.45, 7) is 4.56. The molecular weight excluding hydrogens is 340 g/mol. The second-order valence-corrected chi connectivity index (χ2v) is 7.64. The number of piperidine rings is 2. The van der Waals surface area contributed by atoms with E-state index >= 15 is 0 Å². The molecular formula is C20H28N6O. The van der Waals surface area contributed by atoms with Crippen LogP contribution in [-0.4, -0.2) is 62.8 Å². The fraction of sp³-hybridized carbons (Fsp3) is 0.550. The Labute approximate surface area is 160 Å². The summed E-state index contributed by atoms with van der Waals surface area (Å²) in [5.41, 5.74) is 1.33. The van der Waals surface area contributed by atoms with Gasteiger partial charge in [-0.05, 0) is 37.8 Å². The summed E-state index contributed by atoms with van der Waals surface area (Å²) in [6.07, 6.45) is 7.64. The highest BCUT2D eigenvalue weighted by Gasteiger charge is 2.27. The monoisotopic (exact) mass is 368 g/mol. The maximum absolute atomic E-state index is 12.7. The van der Waals surface area contributed by atoms with Crippen molar-refractivity contribution >= 4 is 6.03 Å². The number of carbonyl (C=O) groups excluding carboxylic acids is 1. The number of likely N-dealkylation sites (tertiary alicyclic amines) is 2. The summed E-state index contributed by atoms with van der Waals surface area (Å²) in [7, 11) is 0. The topological polar surface area (TPSA) is 66.3 Å². The van der Waals surface area contributed by atoms with Gasteiger partial charge in [0, 0.05) is 38.3 Å². The third-order valence-electron chi connectivity index (χ3n) is 5.69. The Morgan fingerprint density at radius 1 is 1.04 bits per heavy atom. The second-order valence-electron chi connectivity index (χ2n) is 7.64. The van der Waals surface area contributed by atoms with Crippen molar-refractivity contribution in [3.05, 3.63) is 48.5 Å². The molecule has 7 nitrogen and oxygen atoms in total. The zero-order chi connectivity index (χ0) is 18.5. The number of amides is 2. The van der Waals surface area contributed by atoms with Gasteiger partial charge in [0.1, 0.15) is 12.7 Å². The van der Waals surface area contributed by atoms with E-state index < -0.39 is 0 Å². The van der Waals surface area contributed by atoms with E-state index in [1.807, 2.05) is 4.90 Å². The third-order valence-corrected chi connectivity index (χ3v) is 5.69. The highest BCUT2D eigenvalue weighted by Crippen LogP contribution is 2.22. The van der Waals surface area contributed by atoms with Gasteiger partial charge < -0.3 is 14.8 Å². The molecule has 2 fully saturated rings. The summed E-state index contributed by atoms with van der Waals surface area (Å²) in [4.78, 5) is 17.1. The van der Waals surface area contributed by atoms with E-state index in [9.17, 15) is 4.79 Å². The molecule has 1 aromatic heterocycles. The molecule has 0 aliphatic carbocycles. The van der Waals surface area contributed by atoms with Gasteiger partial charge in [0.05, 0.1) is 0 Å². The molecule has 4 rings (SSSR count). The van der Waals surface area contributed by atoms with Crippen molar-refractivity contribution in [3.8, 4) is 0 Å². The van der Waals surface area contributed by atoms with Crippen molar-refractivity contribution in [2.24, 2.45) is 0 Å². The van der Waals surface area contributed by atoms with Gasteiger partial charge in [0.15, 0.2) is 0 Å². The van der Waals surface area contributed by atoms with Crippen LogP contribution in [-0.2, 0) is 6.54 Å². The molecule has 2 aromatic rings. The molecule has 1 atom stereocenters. The molecule has 7 heteroatoms. The lowest BCUT2D eigenvalue weighted by molar-refractivity contribution is 0.150. The Bertz CT molecular complexity index is 711. The summed E-state index contributed by atoms with van der Waals surface area (Å²) in [5.74, 6) is 0. The molecule has 1 aromatic carbocycles. The largest absolute Gasteiger partial charge is 0.334 e. The number of nitrogens with zero attached hydrogens (tertiary/aromatic N) is 5. The van der Waals surface area contributed by atoms with Gasteiger partial charge in [-0.3, -0.25) is 4.90 Å². The molecule has 27 heavy (non-hydrogen) atoms. The number of rotatable bonds is 4. The molecule has 0 spiro atoms. The number of carbonyl (C=O) groups is 1. The van der Waals surface area contributed by atoms with Crippen molar-refractivity contribution < 1.29 is 4.79 Å². The predicted molar refractivity (Wildman–Crippen MR) is 103 cm³/mol. The Kier molecular flexibility index (Phi) is 5.67. The minimum Gasteiger partial charge on any atom is -0.334 e. The van der Waals surface area contributed by atoms with Crippen LogP contribution in [0.1, 0.15) is 37.3 Å². The van der Waals surface area contributed by atoms with E-state index in [2.05, 4.69) is 55.3 Å². The Morgan fingerprint density at radius 3 is 2.52 bits per heavy atom. The first kappa shape index (κ1) is 18.0. The van der Waals surface area contributed by atoms with Crippen LogP contribution in [0.15, 0.2) is 43.0 Å². The lowest BCUT2D eigenvalue weighted by Gasteiger charge is -2.36. The van der Waals surface area contributed by atoms with Crippen molar-refractivity contribution in [1.29, 1.82) is 0 Å². The lowest BCUT2D eigenvalue weighted by atomic mass is 10.0. The molecule has 2 aliphatic heterocycles. The molecule has 1 N–H and O–H groups in total. The number of aromatic nitrogens is 3. The Balaban J connectivity index is 1.24. The van der Waals surface area contributed by atoms with Crippen molar-refractivity contribution in [1.82, 2.24) is 29.9 Å². The van der Waals surface area contributed by atoms with Crippen molar-refractivity contribution in [2.75, 3.05) is 26.2 Å². The number of hydrogen-bond donors (Lipinski definition) is 1. The zero-order valence-corrected chi connectivity index (χ0v) is 15.7. The van der Waals surface area contributed by atoms with Crippen LogP contribution in [0.4, 0.5) is 4.79 Å². The first-order chi connectivity index (χ1) is 13.3. The molecule has 0 bridgehead atoms. The van der Waals surface area contributed by atoms with Crippen LogP contribution in [0.25, 0.3) is 0 Å². The van der Waals surface area contributed by atoms with Crippen LogP contribution in [0.2, 0.25) is 0 Å². The smallest absolute Gasteiger partial charge is 0.317 e. The number of hydrogen-bond acceptors (Lipinski definition) is 4. The van der Waals surface area contributed by atoms with E-state index in [0.29, 0.717) is 6.04 Å². The van der Waals surface area contributed by atoms with Gasteiger partial charge in [-0.1, -0.05) is 30.3 Å². The van der Waals surface area contributed by atoms with Gasteiger partial charge in [-0.25, -0.2) is 4.79 Å². The Morgan fingerprint density at radius 2 is 1.78 bits per heavy atom. The standard InChI is InChI=1S/C20H28N6O/c27-20(25-11-8-19(9-12-25)26-15-21-22-16-26)23-18-7-4-10-24(14-18)13-17-5-2-1-3-6-17/h1-3,5-6,15-16,18-19H,4,7-14H2,(H,23,27)/t18-/m0/s1. The number of nitrogens with one attached hydrogen (secondary N) is 1. The quantitative estimate of drug-likeness (QED) is 0.899. The average Bonchev–Trinajstić information content (AvgIpc) is 3.24. The fourth-order valence-electron chi connectivity index (χ4n) is 4.19. The van der Waals surface area contributed by atoms with Crippen LogP contribution in [0, 0.1) is 0 Å². The SMILES string of the molecule is O=C(N[C@H]1CCCN(Cc2ccccc2)C1)N1CCC(n2cnnc2)CC1. The van der Waals surface area contributed by atoms with Gasteiger partial charge in [0.25, 0.3) is 0 Å². The van der Waals surface area contributed by atoms with E-state index in [0.717, 1.165) is 58.4 Å². The van der Waals surface area contributed by atoms with Gasteiger partial charge in [-0.2, -0.15) is 0 Å². The predicted octanol–water partition coefficient (Wildman–Crippen LogP) is 2.29. The van der Waals surface area contributed by atoms with E-state index in [1.165, 1.54) is 5.56 Å². The summed E-state index contributed by atoms with van der Waals surface area (Å²) < 4.78 is 2.05. The van der Waals surface area contributed by atoms with E-state index in [4.69, 9.17) is 0 Å². The van der Waals surface area contributed by atoms with Crippen LogP contribution < -0.4 is 5.32 Å². The zero-order valence-electron chi connectivity index (χ0n) is 15.7. The van der Waals surface area contributed by atoms with E-state index in [1.54, 1.807) is 12.7 Å². The highest BCUT2D eigenvalue weighted by molar-refractivity contribution is 5.74. The highest BCUT2D eigenvalue weighted by atomic mass is 16.2. The lowest BCUT2D eigenvalue weighted by Crippen LogP contribution is -2.52. The van der Waals surface area contributed by atoms with Crippen LogP contribution in [0.5, 0.6) is 0 Å². The molecule has 3 heterocycles. The maximum Gasteiger partial charge on any atom is 0.317 e. The first-order valence-corrected chi connectivity index (χ1v) is 9.94.